The summed E-state index contributed by atoms with van der Waals surface area (Å²) in [5.74, 6) is 0.958. The quantitative estimate of drug-likeness (QED) is 0.569. The molecular formula is C21H22BrF3N4O3S. The van der Waals surface area contributed by atoms with Gasteiger partial charge in [-0.25, -0.2) is 13.4 Å². The number of benzene rings is 1. The zero-order valence-corrected chi connectivity index (χ0v) is 19.9. The van der Waals surface area contributed by atoms with Gasteiger partial charge in [-0.1, -0.05) is 15.9 Å². The Bertz CT molecular complexity index is 1140. The van der Waals surface area contributed by atoms with Gasteiger partial charge < -0.3 is 4.74 Å². The SMILES string of the molecule is O=S(=O)(c1cc(Br)cc(C(F)(F)F)c1)N1CCN2C[C@H](Oc3cnc(C4CC4)cn3)C[C@H]2C1. The molecule has 1 aromatic carbocycles. The van der Waals surface area contributed by atoms with E-state index in [-0.39, 0.29) is 34.6 Å². The van der Waals surface area contributed by atoms with Gasteiger partial charge in [0.05, 0.1) is 28.5 Å². The Kier molecular flexibility index (Phi) is 5.91. The monoisotopic (exact) mass is 546 g/mol. The summed E-state index contributed by atoms with van der Waals surface area (Å²) >= 11 is 3.00. The highest BCUT2D eigenvalue weighted by molar-refractivity contribution is 9.10. The number of alkyl halides is 3. The van der Waals surface area contributed by atoms with Crippen LogP contribution in [0.2, 0.25) is 0 Å². The third kappa shape index (κ3) is 4.89. The number of piperazine rings is 1. The molecule has 1 aromatic heterocycles. The summed E-state index contributed by atoms with van der Waals surface area (Å²) in [5, 5.41) is 0. The van der Waals surface area contributed by atoms with Gasteiger partial charge >= 0.3 is 6.18 Å². The molecule has 0 N–H and O–H groups in total. The topological polar surface area (TPSA) is 75.6 Å². The van der Waals surface area contributed by atoms with E-state index in [1.807, 2.05) is 0 Å². The first kappa shape index (κ1) is 23.0. The third-order valence-electron chi connectivity index (χ3n) is 6.31. The molecule has 0 spiro atoms. The minimum absolute atomic E-state index is 0.0673. The fourth-order valence-corrected chi connectivity index (χ4v) is 6.63. The van der Waals surface area contributed by atoms with Crippen LogP contribution < -0.4 is 4.74 Å². The van der Waals surface area contributed by atoms with Crippen LogP contribution in [0, 0.1) is 0 Å². The molecule has 0 unspecified atom stereocenters. The van der Waals surface area contributed by atoms with E-state index >= 15 is 0 Å². The molecule has 2 atom stereocenters. The van der Waals surface area contributed by atoms with Crippen molar-refractivity contribution in [1.29, 1.82) is 0 Å². The van der Waals surface area contributed by atoms with Crippen molar-refractivity contribution >= 4 is 26.0 Å². The summed E-state index contributed by atoms with van der Waals surface area (Å²) in [6.07, 6.45) is 1.48. The fraction of sp³-hybridized carbons (Fsp3) is 0.524. The molecule has 33 heavy (non-hydrogen) atoms. The van der Waals surface area contributed by atoms with Gasteiger partial charge in [-0.3, -0.25) is 9.88 Å². The fourth-order valence-electron chi connectivity index (χ4n) is 4.44. The van der Waals surface area contributed by atoms with E-state index in [0.717, 1.165) is 24.6 Å². The van der Waals surface area contributed by atoms with Gasteiger partial charge in [0.15, 0.2) is 0 Å². The van der Waals surface area contributed by atoms with Gasteiger partial charge in [-0.15, -0.1) is 0 Å². The maximum Gasteiger partial charge on any atom is 0.416 e. The highest BCUT2D eigenvalue weighted by atomic mass is 79.9. The maximum atomic E-state index is 13.2. The van der Waals surface area contributed by atoms with Gasteiger partial charge in [0.1, 0.15) is 6.10 Å². The van der Waals surface area contributed by atoms with Crippen molar-refractivity contribution in [2.24, 2.45) is 0 Å². The highest BCUT2D eigenvalue weighted by Gasteiger charge is 2.41. The lowest BCUT2D eigenvalue weighted by atomic mass is 10.2. The lowest BCUT2D eigenvalue weighted by molar-refractivity contribution is -0.137. The molecular weight excluding hydrogens is 525 g/mol. The Balaban J connectivity index is 1.26. The first-order valence-electron chi connectivity index (χ1n) is 10.7. The summed E-state index contributed by atoms with van der Waals surface area (Å²) in [5.41, 5.74) is -0.0227. The number of ether oxygens (including phenoxy) is 1. The van der Waals surface area contributed by atoms with Crippen molar-refractivity contribution in [3.63, 3.8) is 0 Å². The predicted octanol–water partition coefficient (Wildman–Crippen LogP) is 3.66. The van der Waals surface area contributed by atoms with E-state index in [2.05, 4.69) is 30.8 Å². The minimum atomic E-state index is -4.64. The number of aromatic nitrogens is 2. The standard InChI is InChI=1S/C21H22BrF3N4O3S/c22-15-5-14(21(23,24)25)6-18(7-15)33(30,31)29-4-3-28-12-17(8-16(28)11-29)32-20-10-26-19(9-27-20)13-1-2-13/h5-7,9-10,13,16-17H,1-4,8,11-12H2/t16-,17+/m0/s1. The van der Waals surface area contributed by atoms with Gasteiger partial charge in [0.2, 0.25) is 15.9 Å². The molecule has 5 rings (SSSR count). The van der Waals surface area contributed by atoms with E-state index in [4.69, 9.17) is 4.74 Å². The number of halogens is 4. The lowest BCUT2D eigenvalue weighted by Crippen LogP contribution is -2.51. The molecule has 2 aromatic rings. The number of nitrogens with zero attached hydrogens (tertiary/aromatic N) is 4. The van der Waals surface area contributed by atoms with Gasteiger partial charge in [-0.2, -0.15) is 17.5 Å². The molecule has 0 bridgehead atoms. The molecule has 2 aliphatic heterocycles. The summed E-state index contributed by atoms with van der Waals surface area (Å²) in [6.45, 7) is 1.52. The Labute approximate surface area is 198 Å². The molecule has 2 saturated heterocycles. The van der Waals surface area contributed by atoms with Gasteiger partial charge in [0.25, 0.3) is 0 Å². The normalized spacial score (nSPS) is 24.6. The Morgan fingerprint density at radius 3 is 2.52 bits per heavy atom. The van der Waals surface area contributed by atoms with Crippen LogP contribution in [-0.2, 0) is 16.2 Å². The lowest BCUT2D eigenvalue weighted by Gasteiger charge is -2.36. The number of hydrogen-bond acceptors (Lipinski definition) is 6. The highest BCUT2D eigenvalue weighted by Crippen LogP contribution is 2.39. The molecule has 3 aliphatic rings. The summed E-state index contributed by atoms with van der Waals surface area (Å²) in [4.78, 5) is 10.5. The maximum absolute atomic E-state index is 13.2. The van der Waals surface area contributed by atoms with Crippen LogP contribution in [0.1, 0.15) is 36.4 Å². The van der Waals surface area contributed by atoms with Crippen molar-refractivity contribution in [3.05, 3.63) is 46.3 Å². The molecule has 0 amide bonds. The Morgan fingerprint density at radius 1 is 1.06 bits per heavy atom. The molecule has 1 saturated carbocycles. The first-order chi connectivity index (χ1) is 15.6. The van der Waals surface area contributed by atoms with Crippen LogP contribution in [0.25, 0.3) is 0 Å². The second-order valence-electron chi connectivity index (χ2n) is 8.71. The molecule has 7 nitrogen and oxygen atoms in total. The van der Waals surface area contributed by atoms with Gasteiger partial charge in [-0.05, 0) is 31.0 Å². The molecule has 1 aliphatic carbocycles. The van der Waals surface area contributed by atoms with Crippen molar-refractivity contribution in [1.82, 2.24) is 19.2 Å². The molecule has 178 valence electrons. The van der Waals surface area contributed by atoms with E-state index in [1.165, 1.54) is 10.4 Å². The van der Waals surface area contributed by atoms with Crippen molar-refractivity contribution in [2.75, 3.05) is 26.2 Å². The first-order valence-corrected chi connectivity index (χ1v) is 12.9. The zero-order valence-electron chi connectivity index (χ0n) is 17.5. The second-order valence-corrected chi connectivity index (χ2v) is 11.6. The average Bonchev–Trinajstić information content (AvgIpc) is 3.52. The van der Waals surface area contributed by atoms with E-state index in [0.29, 0.717) is 37.4 Å². The second kappa shape index (κ2) is 8.47. The van der Waals surface area contributed by atoms with Crippen molar-refractivity contribution in [3.8, 4) is 5.88 Å². The molecule has 12 heteroatoms. The molecule has 0 radical (unpaired) electrons. The van der Waals surface area contributed by atoms with E-state index < -0.39 is 21.8 Å². The molecule has 3 fully saturated rings. The predicted molar refractivity (Wildman–Crippen MR) is 116 cm³/mol. The summed E-state index contributed by atoms with van der Waals surface area (Å²) in [7, 11) is -4.08. The van der Waals surface area contributed by atoms with Crippen LogP contribution in [-0.4, -0.2) is 65.9 Å². The summed E-state index contributed by atoms with van der Waals surface area (Å²) < 4.78 is 73.1. The minimum Gasteiger partial charge on any atom is -0.472 e. The van der Waals surface area contributed by atoms with Crippen molar-refractivity contribution < 1.29 is 26.3 Å². The molecule has 3 heterocycles. The number of rotatable bonds is 5. The summed E-state index contributed by atoms with van der Waals surface area (Å²) in [6, 6.07) is 2.69. The zero-order chi connectivity index (χ0) is 23.4. The van der Waals surface area contributed by atoms with Gasteiger partial charge in [0, 0.05) is 49.0 Å². The van der Waals surface area contributed by atoms with Crippen LogP contribution in [0.4, 0.5) is 13.2 Å². The number of sulfonamides is 1. The van der Waals surface area contributed by atoms with Crippen LogP contribution in [0.3, 0.4) is 0 Å². The van der Waals surface area contributed by atoms with Crippen LogP contribution >= 0.6 is 15.9 Å². The Morgan fingerprint density at radius 2 is 1.85 bits per heavy atom. The van der Waals surface area contributed by atoms with Crippen LogP contribution in [0.15, 0.2) is 40.0 Å². The largest absolute Gasteiger partial charge is 0.472 e. The third-order valence-corrected chi connectivity index (χ3v) is 8.61. The smallest absolute Gasteiger partial charge is 0.416 e. The number of fused-ring (bicyclic) bond motifs is 1. The van der Waals surface area contributed by atoms with E-state index in [1.54, 1.807) is 12.4 Å². The average molecular weight is 547 g/mol. The van der Waals surface area contributed by atoms with Crippen LogP contribution in [0.5, 0.6) is 5.88 Å². The number of hydrogen-bond donors (Lipinski definition) is 0. The van der Waals surface area contributed by atoms with Crippen molar-refractivity contribution in [2.45, 2.75) is 48.4 Å². The Hall–Kier alpha value is -1.76. The van der Waals surface area contributed by atoms with E-state index in [9.17, 15) is 21.6 Å².